The summed E-state index contributed by atoms with van der Waals surface area (Å²) in [5.74, 6) is -0.730. The highest BCUT2D eigenvalue weighted by molar-refractivity contribution is 6.00. The molecule has 1 aliphatic rings. The minimum absolute atomic E-state index is 0.0199. The summed E-state index contributed by atoms with van der Waals surface area (Å²) in [5.41, 5.74) is 0.562. The van der Waals surface area contributed by atoms with Gasteiger partial charge >= 0.3 is 5.97 Å². The fraction of sp³-hybridized carbons (Fsp3) is 0.667. The summed E-state index contributed by atoms with van der Waals surface area (Å²) in [6.45, 7) is 2.15. The molecule has 2 atom stereocenters. The van der Waals surface area contributed by atoms with E-state index in [4.69, 9.17) is 0 Å². The van der Waals surface area contributed by atoms with Crippen molar-refractivity contribution in [3.05, 3.63) is 23.8 Å². The number of methoxy groups -OCH3 is 1. The predicted octanol–water partition coefficient (Wildman–Crippen LogP) is 3.69. The van der Waals surface area contributed by atoms with Crippen LogP contribution in [0.3, 0.4) is 0 Å². The van der Waals surface area contributed by atoms with E-state index in [1.807, 2.05) is 12.2 Å². The molecule has 5 heteroatoms. The largest absolute Gasteiger partial charge is 0.469 e. The van der Waals surface area contributed by atoms with Crippen LogP contribution < -0.4 is 0 Å². The van der Waals surface area contributed by atoms with Crippen LogP contribution >= 0.6 is 0 Å². The first-order valence-corrected chi connectivity index (χ1v) is 9.66. The van der Waals surface area contributed by atoms with Gasteiger partial charge in [-0.2, -0.15) is 0 Å². The van der Waals surface area contributed by atoms with Crippen molar-refractivity contribution in [3.8, 4) is 0 Å². The fourth-order valence-corrected chi connectivity index (χ4v) is 3.15. The summed E-state index contributed by atoms with van der Waals surface area (Å²) >= 11 is 0. The maximum Gasteiger partial charge on any atom is 0.305 e. The predicted molar refractivity (Wildman–Crippen MR) is 101 cm³/mol. The number of aliphatic hydroxyl groups is 1. The second kappa shape index (κ2) is 12.6. The fourth-order valence-electron chi connectivity index (χ4n) is 3.15. The molecule has 0 heterocycles. The molecule has 26 heavy (non-hydrogen) atoms. The molecule has 0 spiro atoms. The van der Waals surface area contributed by atoms with Crippen LogP contribution in [0.25, 0.3) is 0 Å². The summed E-state index contributed by atoms with van der Waals surface area (Å²) < 4.78 is 4.56. The number of allylic oxidation sites excluding steroid dienone is 3. The van der Waals surface area contributed by atoms with Crippen LogP contribution in [0.15, 0.2) is 23.8 Å². The molecule has 1 fully saturated rings. The number of esters is 1. The van der Waals surface area contributed by atoms with Crippen molar-refractivity contribution >= 4 is 17.5 Å². The number of unbranched alkanes of at least 4 members (excludes halogenated alkanes) is 4. The molecule has 1 rings (SSSR count). The summed E-state index contributed by atoms with van der Waals surface area (Å²) in [4.78, 5) is 35.3. The zero-order valence-electron chi connectivity index (χ0n) is 16.0. The first-order valence-electron chi connectivity index (χ1n) is 9.66. The van der Waals surface area contributed by atoms with Crippen molar-refractivity contribution in [2.24, 2.45) is 5.92 Å². The summed E-state index contributed by atoms with van der Waals surface area (Å²) in [7, 11) is 1.35. The zero-order valence-corrected chi connectivity index (χ0v) is 16.0. The third-order valence-corrected chi connectivity index (χ3v) is 4.73. The van der Waals surface area contributed by atoms with E-state index in [1.54, 1.807) is 6.08 Å². The van der Waals surface area contributed by atoms with Crippen molar-refractivity contribution in [1.82, 2.24) is 0 Å². The quantitative estimate of drug-likeness (QED) is 0.324. The number of rotatable bonds is 12. The van der Waals surface area contributed by atoms with Gasteiger partial charge in [-0.3, -0.25) is 14.4 Å². The summed E-state index contributed by atoms with van der Waals surface area (Å²) in [5, 5.41) is 10.1. The molecule has 0 bridgehead atoms. The van der Waals surface area contributed by atoms with Crippen molar-refractivity contribution < 1.29 is 24.2 Å². The van der Waals surface area contributed by atoms with E-state index in [0.29, 0.717) is 31.3 Å². The van der Waals surface area contributed by atoms with Crippen molar-refractivity contribution in [1.29, 1.82) is 0 Å². The van der Waals surface area contributed by atoms with Crippen LogP contribution in [-0.2, 0) is 19.1 Å². The molecular formula is C21H32O5. The van der Waals surface area contributed by atoms with Gasteiger partial charge in [-0.1, -0.05) is 38.0 Å². The van der Waals surface area contributed by atoms with Crippen LogP contribution in [0.1, 0.15) is 71.1 Å². The molecule has 1 aliphatic carbocycles. The Labute approximate surface area is 156 Å². The van der Waals surface area contributed by atoms with Crippen molar-refractivity contribution in [3.63, 3.8) is 0 Å². The van der Waals surface area contributed by atoms with Gasteiger partial charge < -0.3 is 9.84 Å². The Morgan fingerprint density at radius 2 is 1.92 bits per heavy atom. The average molecular weight is 364 g/mol. The van der Waals surface area contributed by atoms with Gasteiger partial charge in [0.05, 0.1) is 13.2 Å². The van der Waals surface area contributed by atoms with Gasteiger partial charge in [0.25, 0.3) is 0 Å². The van der Waals surface area contributed by atoms with Crippen LogP contribution in [0, 0.1) is 5.92 Å². The minimum Gasteiger partial charge on any atom is -0.469 e. The molecule has 146 valence electrons. The second-order valence-electron chi connectivity index (χ2n) is 6.87. The molecule has 0 amide bonds. The molecule has 0 aromatic rings. The number of carbonyl (C=O) groups is 3. The smallest absolute Gasteiger partial charge is 0.305 e. The minimum atomic E-state index is -0.777. The number of hydrogen-bond donors (Lipinski definition) is 1. The van der Waals surface area contributed by atoms with Gasteiger partial charge in [0, 0.05) is 37.2 Å². The van der Waals surface area contributed by atoms with E-state index < -0.39 is 12.0 Å². The van der Waals surface area contributed by atoms with E-state index in [2.05, 4.69) is 11.7 Å². The summed E-state index contributed by atoms with van der Waals surface area (Å²) in [6, 6.07) is 0. The molecule has 0 aromatic heterocycles. The van der Waals surface area contributed by atoms with E-state index in [9.17, 15) is 19.5 Å². The molecule has 0 saturated heterocycles. The number of Topliss-reactive ketones (excluding diaryl/α,β-unsaturated/α-hetero) is 2. The van der Waals surface area contributed by atoms with Gasteiger partial charge in [0.2, 0.25) is 0 Å². The monoisotopic (exact) mass is 364 g/mol. The van der Waals surface area contributed by atoms with Crippen LogP contribution in [0.2, 0.25) is 0 Å². The Bertz CT molecular complexity index is 533. The number of ketones is 2. The van der Waals surface area contributed by atoms with E-state index in [-0.39, 0.29) is 30.4 Å². The Morgan fingerprint density at radius 3 is 2.62 bits per heavy atom. The molecule has 0 aliphatic heterocycles. The van der Waals surface area contributed by atoms with Gasteiger partial charge in [0.15, 0.2) is 5.78 Å². The third-order valence-electron chi connectivity index (χ3n) is 4.73. The maximum absolute atomic E-state index is 12.2. The first kappa shape index (κ1) is 22.3. The van der Waals surface area contributed by atoms with Gasteiger partial charge in [0.1, 0.15) is 5.78 Å². The van der Waals surface area contributed by atoms with Crippen molar-refractivity contribution in [2.45, 2.75) is 77.2 Å². The molecule has 1 N–H and O–H groups in total. The lowest BCUT2D eigenvalue weighted by Crippen LogP contribution is -2.18. The molecule has 1 saturated carbocycles. The lowest BCUT2D eigenvalue weighted by Gasteiger charge is -2.14. The van der Waals surface area contributed by atoms with Crippen LogP contribution in [-0.4, -0.2) is 35.9 Å². The molecule has 5 nitrogen and oxygen atoms in total. The molecular weight excluding hydrogens is 332 g/mol. The van der Waals surface area contributed by atoms with E-state index in [1.165, 1.54) is 20.0 Å². The standard InChI is InChI=1S/C21H32O5/c1-3-4-5-6-7-8-12-17-18(20(24)15-19(17)23)14-16(22)11-9-10-13-21(25)26-2/h7-8,12,18,20,24H,3-6,9-11,13-15H2,1-2H3/t18-,20+/m1/s1. The number of carbonyl (C=O) groups excluding carboxylic acids is 3. The SMILES string of the molecule is CCCCCC=CC=C1C(=O)C[C@H](O)[C@@H]1CC(=O)CCCCC(=O)OC. The third kappa shape index (κ3) is 8.09. The van der Waals surface area contributed by atoms with Gasteiger partial charge in [-0.05, 0) is 25.7 Å². The zero-order chi connectivity index (χ0) is 19.4. The topological polar surface area (TPSA) is 80.7 Å². The average Bonchev–Trinajstić information content (AvgIpc) is 2.88. The van der Waals surface area contributed by atoms with Crippen LogP contribution in [0.5, 0.6) is 0 Å². The first-order chi connectivity index (χ1) is 12.5. The Morgan fingerprint density at radius 1 is 1.19 bits per heavy atom. The van der Waals surface area contributed by atoms with E-state index in [0.717, 1.165) is 12.8 Å². The number of ether oxygens (including phenoxy) is 1. The van der Waals surface area contributed by atoms with Crippen LogP contribution in [0.4, 0.5) is 0 Å². The number of hydrogen-bond acceptors (Lipinski definition) is 5. The lowest BCUT2D eigenvalue weighted by molar-refractivity contribution is -0.140. The molecule has 0 unspecified atom stereocenters. The van der Waals surface area contributed by atoms with Crippen molar-refractivity contribution in [2.75, 3.05) is 7.11 Å². The molecule has 0 radical (unpaired) electrons. The second-order valence-corrected chi connectivity index (χ2v) is 6.87. The Kier molecular flexibility index (Phi) is 10.8. The number of aliphatic hydroxyl groups excluding tert-OH is 1. The highest BCUT2D eigenvalue weighted by Crippen LogP contribution is 2.32. The van der Waals surface area contributed by atoms with Gasteiger partial charge in [-0.15, -0.1) is 0 Å². The Hall–Kier alpha value is -1.75. The lowest BCUT2D eigenvalue weighted by atomic mass is 9.92. The van der Waals surface area contributed by atoms with E-state index >= 15 is 0 Å². The Balaban J connectivity index is 2.49. The summed E-state index contributed by atoms with van der Waals surface area (Å²) in [6.07, 6.45) is 11.5. The highest BCUT2D eigenvalue weighted by Gasteiger charge is 2.37. The normalized spacial score (nSPS) is 21.7. The highest BCUT2D eigenvalue weighted by atomic mass is 16.5. The molecule has 0 aromatic carbocycles. The van der Waals surface area contributed by atoms with Gasteiger partial charge in [-0.25, -0.2) is 0 Å². The maximum atomic E-state index is 12.2.